The second-order valence-corrected chi connectivity index (χ2v) is 6.09. The van der Waals surface area contributed by atoms with Gasteiger partial charge < -0.3 is 0 Å². The van der Waals surface area contributed by atoms with Crippen molar-refractivity contribution in [3.63, 3.8) is 0 Å². The quantitative estimate of drug-likeness (QED) is 0.909. The van der Waals surface area contributed by atoms with E-state index in [0.717, 1.165) is 17.3 Å². The maximum Gasteiger partial charge on any atom is 0.231 e. The average molecular weight is 274 g/mol. The highest BCUT2D eigenvalue weighted by molar-refractivity contribution is 7.92. The number of hydrogen-bond acceptors (Lipinski definition) is 3. The molecule has 0 atom stereocenters. The molecule has 0 aliphatic rings. The summed E-state index contributed by atoms with van der Waals surface area (Å²) in [7, 11) is -1.62. The zero-order valence-corrected chi connectivity index (χ0v) is 11.2. The van der Waals surface area contributed by atoms with Gasteiger partial charge in [0.25, 0.3) is 0 Å². The third kappa shape index (κ3) is 2.23. The molecule has 1 heterocycles. The minimum atomic E-state index is -3.37. The van der Waals surface area contributed by atoms with Gasteiger partial charge in [0.2, 0.25) is 10.0 Å². The van der Waals surface area contributed by atoms with E-state index in [0.29, 0.717) is 10.4 Å². The molecule has 0 bridgehead atoms. The van der Waals surface area contributed by atoms with Crippen LogP contribution in [0, 0.1) is 6.92 Å². The molecule has 1 N–H and O–H groups in total. The van der Waals surface area contributed by atoms with Crippen LogP contribution in [0.1, 0.15) is 5.56 Å². The van der Waals surface area contributed by atoms with E-state index in [2.05, 4.69) is 9.82 Å². The molecule has 0 unspecified atom stereocenters. The number of hydrogen-bond donors (Lipinski definition) is 1. The van der Waals surface area contributed by atoms with E-state index >= 15 is 0 Å². The lowest BCUT2D eigenvalue weighted by atomic mass is 10.1. The Kier molecular flexibility index (Phi) is 2.79. The Bertz CT molecular complexity index is 691. The van der Waals surface area contributed by atoms with Gasteiger partial charge in [0.15, 0.2) is 5.82 Å². The van der Waals surface area contributed by atoms with E-state index in [1.165, 1.54) is 0 Å². The number of nitrogens with one attached hydrogen (secondary N) is 1. The Morgan fingerprint density at radius 1 is 1.41 bits per heavy atom. The molecule has 2 aromatic rings. The zero-order chi connectivity index (χ0) is 12.8. The molecule has 0 saturated carbocycles. The fraction of sp³-hybridized carbons (Fsp3) is 0.300. The molecule has 0 fully saturated rings. The molecule has 0 radical (unpaired) electrons. The molecular formula is C10H12ClN3O2S. The summed E-state index contributed by atoms with van der Waals surface area (Å²) in [5.41, 5.74) is 1.81. The molecule has 1 aromatic carbocycles. The van der Waals surface area contributed by atoms with Crippen LogP contribution in [0.2, 0.25) is 5.02 Å². The number of aryl methyl sites for hydroxylation is 2. The number of fused-ring (bicyclic) bond motifs is 1. The smallest absolute Gasteiger partial charge is 0.231 e. The van der Waals surface area contributed by atoms with Gasteiger partial charge in [-0.05, 0) is 18.6 Å². The number of sulfonamides is 1. The van der Waals surface area contributed by atoms with Gasteiger partial charge in [0, 0.05) is 7.05 Å². The maximum atomic E-state index is 11.2. The van der Waals surface area contributed by atoms with Crippen LogP contribution in [-0.2, 0) is 17.1 Å². The van der Waals surface area contributed by atoms with E-state index in [-0.39, 0.29) is 5.82 Å². The fourth-order valence-corrected chi connectivity index (χ4v) is 2.55. The van der Waals surface area contributed by atoms with Crippen molar-refractivity contribution in [1.82, 2.24) is 9.78 Å². The number of halogens is 1. The van der Waals surface area contributed by atoms with E-state index in [4.69, 9.17) is 11.6 Å². The van der Waals surface area contributed by atoms with Crippen LogP contribution in [0.4, 0.5) is 5.82 Å². The van der Waals surface area contributed by atoms with Gasteiger partial charge >= 0.3 is 0 Å². The van der Waals surface area contributed by atoms with Gasteiger partial charge in [-0.3, -0.25) is 9.40 Å². The van der Waals surface area contributed by atoms with Crippen LogP contribution in [-0.4, -0.2) is 24.5 Å². The summed E-state index contributed by atoms with van der Waals surface area (Å²) in [5, 5.41) is 5.24. The number of aromatic nitrogens is 2. The summed E-state index contributed by atoms with van der Waals surface area (Å²) in [5.74, 6) is 0.263. The molecule has 0 saturated heterocycles. The highest BCUT2D eigenvalue weighted by atomic mass is 35.5. The highest BCUT2D eigenvalue weighted by Crippen LogP contribution is 2.32. The van der Waals surface area contributed by atoms with Crippen LogP contribution in [0.3, 0.4) is 0 Å². The lowest BCUT2D eigenvalue weighted by Crippen LogP contribution is -2.10. The molecule has 2 rings (SSSR count). The monoisotopic (exact) mass is 273 g/mol. The first kappa shape index (κ1) is 12.2. The Hall–Kier alpha value is -1.27. The highest BCUT2D eigenvalue weighted by Gasteiger charge is 2.16. The minimum absolute atomic E-state index is 0.263. The van der Waals surface area contributed by atoms with Gasteiger partial charge in [0.1, 0.15) is 0 Å². The first-order chi connectivity index (χ1) is 7.79. The van der Waals surface area contributed by atoms with Crippen molar-refractivity contribution in [2.75, 3.05) is 11.0 Å². The van der Waals surface area contributed by atoms with Gasteiger partial charge in [-0.15, -0.1) is 0 Å². The Labute approximate surface area is 104 Å². The number of anilines is 1. The molecule has 1 aromatic heterocycles. The third-order valence-electron chi connectivity index (χ3n) is 2.42. The Balaban J connectivity index is 2.79. The Morgan fingerprint density at radius 2 is 2.06 bits per heavy atom. The molecule has 92 valence electrons. The van der Waals surface area contributed by atoms with Gasteiger partial charge in [-0.2, -0.15) is 5.10 Å². The minimum Gasteiger partial charge on any atom is -0.266 e. The summed E-state index contributed by atoms with van der Waals surface area (Å²) in [4.78, 5) is 0. The molecular weight excluding hydrogens is 262 g/mol. The van der Waals surface area contributed by atoms with Crippen molar-refractivity contribution in [3.8, 4) is 0 Å². The van der Waals surface area contributed by atoms with Crippen molar-refractivity contribution >= 4 is 38.3 Å². The van der Waals surface area contributed by atoms with Crippen molar-refractivity contribution in [1.29, 1.82) is 0 Å². The van der Waals surface area contributed by atoms with E-state index in [1.807, 2.05) is 13.0 Å². The largest absolute Gasteiger partial charge is 0.266 e. The van der Waals surface area contributed by atoms with Gasteiger partial charge in [-0.25, -0.2) is 8.42 Å². The Morgan fingerprint density at radius 3 is 2.65 bits per heavy atom. The van der Waals surface area contributed by atoms with Crippen molar-refractivity contribution in [2.45, 2.75) is 6.92 Å². The predicted octanol–water partition coefficient (Wildman–Crippen LogP) is 1.91. The van der Waals surface area contributed by atoms with Crippen molar-refractivity contribution in [3.05, 3.63) is 22.7 Å². The lowest BCUT2D eigenvalue weighted by Gasteiger charge is -2.02. The van der Waals surface area contributed by atoms with Gasteiger partial charge in [-0.1, -0.05) is 17.7 Å². The summed E-state index contributed by atoms with van der Waals surface area (Å²) >= 11 is 6.09. The van der Waals surface area contributed by atoms with Crippen LogP contribution in [0.5, 0.6) is 0 Å². The van der Waals surface area contributed by atoms with E-state index < -0.39 is 10.0 Å². The van der Waals surface area contributed by atoms with Crippen LogP contribution >= 0.6 is 11.6 Å². The maximum absolute atomic E-state index is 11.2. The molecule has 0 spiro atoms. The number of benzene rings is 1. The van der Waals surface area contributed by atoms with Crippen LogP contribution < -0.4 is 4.72 Å². The first-order valence-corrected chi connectivity index (χ1v) is 7.16. The summed E-state index contributed by atoms with van der Waals surface area (Å²) in [6.07, 6.45) is 1.08. The average Bonchev–Trinajstić information content (AvgIpc) is 2.48. The third-order valence-corrected chi connectivity index (χ3v) is 3.30. The number of nitrogens with zero attached hydrogens (tertiary/aromatic N) is 2. The normalized spacial score (nSPS) is 12.0. The zero-order valence-electron chi connectivity index (χ0n) is 9.65. The second-order valence-electron chi connectivity index (χ2n) is 3.93. The van der Waals surface area contributed by atoms with Gasteiger partial charge in [0.05, 0.1) is 22.2 Å². The fourth-order valence-electron chi connectivity index (χ4n) is 1.81. The molecule has 0 aliphatic carbocycles. The summed E-state index contributed by atoms with van der Waals surface area (Å²) in [6, 6.07) is 3.60. The predicted molar refractivity (Wildman–Crippen MR) is 68.9 cm³/mol. The van der Waals surface area contributed by atoms with E-state index in [1.54, 1.807) is 17.8 Å². The first-order valence-electron chi connectivity index (χ1n) is 4.89. The topological polar surface area (TPSA) is 64.0 Å². The summed E-state index contributed by atoms with van der Waals surface area (Å²) in [6.45, 7) is 1.92. The lowest BCUT2D eigenvalue weighted by molar-refractivity contribution is 0.606. The molecule has 7 heteroatoms. The molecule has 17 heavy (non-hydrogen) atoms. The molecule has 0 aliphatic heterocycles. The summed E-state index contributed by atoms with van der Waals surface area (Å²) < 4.78 is 26.5. The molecule has 5 nitrogen and oxygen atoms in total. The second kappa shape index (κ2) is 3.89. The van der Waals surface area contributed by atoms with E-state index in [9.17, 15) is 8.42 Å². The number of rotatable bonds is 2. The van der Waals surface area contributed by atoms with Crippen LogP contribution in [0.25, 0.3) is 10.9 Å². The van der Waals surface area contributed by atoms with Crippen LogP contribution in [0.15, 0.2) is 12.1 Å². The van der Waals surface area contributed by atoms with Crippen molar-refractivity contribution < 1.29 is 8.42 Å². The SMILES string of the molecule is Cc1ccc(Cl)c2c(NS(C)(=O)=O)nn(C)c12. The standard InChI is InChI=1S/C10H12ClN3O2S/c1-6-4-5-7(11)8-9(6)14(2)12-10(8)13-17(3,15)16/h4-5H,1-3H3,(H,12,13). The molecule has 0 amide bonds. The van der Waals surface area contributed by atoms with Crippen molar-refractivity contribution in [2.24, 2.45) is 7.05 Å².